The van der Waals surface area contributed by atoms with Gasteiger partial charge in [-0.15, -0.1) is 0 Å². The van der Waals surface area contributed by atoms with Gasteiger partial charge in [-0.25, -0.2) is 0 Å². The lowest BCUT2D eigenvalue weighted by Gasteiger charge is -2.26. The lowest BCUT2D eigenvalue weighted by atomic mass is 10.0. The van der Waals surface area contributed by atoms with Crippen LogP contribution in [0.15, 0.2) is 24.3 Å². The standard InChI is InChI=1S/C16H22N2O2/c1-5-16(3,4)18-15(19)12(2)20-14-8-6-13(7-9-14)10-11-17/h6-9,12H,5,10H2,1-4H3,(H,18,19). The Balaban J connectivity index is 2.59. The van der Waals surface area contributed by atoms with Crippen LogP contribution in [0.1, 0.15) is 39.7 Å². The fraction of sp³-hybridized carbons (Fsp3) is 0.500. The summed E-state index contributed by atoms with van der Waals surface area (Å²) < 4.78 is 5.60. The van der Waals surface area contributed by atoms with Crippen molar-refractivity contribution in [2.75, 3.05) is 0 Å². The predicted molar refractivity (Wildman–Crippen MR) is 78.4 cm³/mol. The quantitative estimate of drug-likeness (QED) is 0.867. The summed E-state index contributed by atoms with van der Waals surface area (Å²) in [5.41, 5.74) is 0.704. The molecule has 0 heterocycles. The molecule has 0 fully saturated rings. The van der Waals surface area contributed by atoms with Crippen LogP contribution >= 0.6 is 0 Å². The molecule has 1 rings (SSSR count). The number of amides is 1. The summed E-state index contributed by atoms with van der Waals surface area (Å²) >= 11 is 0. The van der Waals surface area contributed by atoms with Crippen molar-refractivity contribution >= 4 is 5.91 Å². The first-order valence-electron chi connectivity index (χ1n) is 6.82. The van der Waals surface area contributed by atoms with E-state index in [1.165, 1.54) is 0 Å². The van der Waals surface area contributed by atoms with E-state index in [1.807, 2.05) is 32.9 Å². The number of hydrogen-bond acceptors (Lipinski definition) is 3. The van der Waals surface area contributed by atoms with E-state index < -0.39 is 6.10 Å². The summed E-state index contributed by atoms with van der Waals surface area (Å²) in [6, 6.07) is 9.31. The van der Waals surface area contributed by atoms with Gasteiger partial charge in [0.15, 0.2) is 6.10 Å². The van der Waals surface area contributed by atoms with Gasteiger partial charge in [-0.05, 0) is 44.9 Å². The van der Waals surface area contributed by atoms with Gasteiger partial charge in [0, 0.05) is 5.54 Å². The number of nitrogens with zero attached hydrogens (tertiary/aromatic N) is 1. The largest absolute Gasteiger partial charge is 0.481 e. The van der Waals surface area contributed by atoms with Gasteiger partial charge in [0.2, 0.25) is 0 Å². The molecule has 0 spiro atoms. The van der Waals surface area contributed by atoms with Gasteiger partial charge in [-0.3, -0.25) is 4.79 Å². The number of ether oxygens (including phenoxy) is 1. The molecule has 0 bridgehead atoms. The minimum Gasteiger partial charge on any atom is -0.481 e. The van der Waals surface area contributed by atoms with E-state index in [0.717, 1.165) is 12.0 Å². The second kappa shape index (κ2) is 6.95. The molecule has 0 aliphatic carbocycles. The zero-order valence-electron chi connectivity index (χ0n) is 12.6. The smallest absolute Gasteiger partial charge is 0.261 e. The summed E-state index contributed by atoms with van der Waals surface area (Å²) in [5.74, 6) is 0.501. The van der Waals surface area contributed by atoms with E-state index in [-0.39, 0.29) is 11.4 Å². The number of nitriles is 1. The maximum atomic E-state index is 12.0. The van der Waals surface area contributed by atoms with Crippen LogP contribution < -0.4 is 10.1 Å². The highest BCUT2D eigenvalue weighted by Crippen LogP contribution is 2.15. The molecule has 1 aromatic carbocycles. The second-order valence-electron chi connectivity index (χ2n) is 5.47. The number of benzene rings is 1. The third-order valence-electron chi connectivity index (χ3n) is 3.23. The topological polar surface area (TPSA) is 62.1 Å². The Morgan fingerprint density at radius 2 is 2.00 bits per heavy atom. The molecule has 1 atom stereocenters. The molecule has 0 radical (unpaired) electrons. The van der Waals surface area contributed by atoms with Gasteiger partial charge in [-0.2, -0.15) is 5.26 Å². The van der Waals surface area contributed by atoms with E-state index in [1.54, 1.807) is 19.1 Å². The van der Waals surface area contributed by atoms with Crippen LogP contribution in [0.4, 0.5) is 0 Å². The zero-order valence-corrected chi connectivity index (χ0v) is 12.6. The molecule has 0 saturated carbocycles. The first-order chi connectivity index (χ1) is 9.38. The summed E-state index contributed by atoms with van der Waals surface area (Å²) in [5, 5.41) is 11.6. The first-order valence-corrected chi connectivity index (χ1v) is 6.82. The van der Waals surface area contributed by atoms with E-state index in [0.29, 0.717) is 12.2 Å². The third kappa shape index (κ3) is 4.93. The minimum atomic E-state index is -0.553. The van der Waals surface area contributed by atoms with Crippen molar-refractivity contribution in [1.82, 2.24) is 5.32 Å². The van der Waals surface area contributed by atoms with Crippen molar-refractivity contribution in [3.8, 4) is 11.8 Å². The first kappa shape index (κ1) is 16.0. The fourth-order valence-electron chi connectivity index (χ4n) is 1.56. The average molecular weight is 274 g/mol. The van der Waals surface area contributed by atoms with Crippen molar-refractivity contribution in [1.29, 1.82) is 5.26 Å². The van der Waals surface area contributed by atoms with E-state index in [9.17, 15) is 4.79 Å². The average Bonchev–Trinajstić information content (AvgIpc) is 2.41. The highest BCUT2D eigenvalue weighted by molar-refractivity contribution is 5.81. The van der Waals surface area contributed by atoms with Crippen molar-refractivity contribution in [2.24, 2.45) is 0 Å². The Labute approximate surface area is 120 Å². The lowest BCUT2D eigenvalue weighted by molar-refractivity contribution is -0.128. The number of rotatable bonds is 6. The highest BCUT2D eigenvalue weighted by Gasteiger charge is 2.22. The molecule has 1 amide bonds. The van der Waals surface area contributed by atoms with Gasteiger partial charge in [0.25, 0.3) is 5.91 Å². The van der Waals surface area contributed by atoms with Crippen LogP contribution in [0.3, 0.4) is 0 Å². The molecule has 1 unspecified atom stereocenters. The van der Waals surface area contributed by atoms with Crippen molar-refractivity contribution in [2.45, 2.75) is 52.2 Å². The molecule has 1 aromatic rings. The summed E-state index contributed by atoms with van der Waals surface area (Å²) in [4.78, 5) is 12.0. The van der Waals surface area contributed by atoms with Crippen molar-refractivity contribution in [3.63, 3.8) is 0 Å². The van der Waals surface area contributed by atoms with Crippen molar-refractivity contribution in [3.05, 3.63) is 29.8 Å². The molecule has 1 N–H and O–H groups in total. The van der Waals surface area contributed by atoms with Gasteiger partial charge in [0.05, 0.1) is 12.5 Å². The lowest BCUT2D eigenvalue weighted by Crippen LogP contribution is -2.48. The highest BCUT2D eigenvalue weighted by atomic mass is 16.5. The normalized spacial score (nSPS) is 12.3. The van der Waals surface area contributed by atoms with Gasteiger partial charge in [-0.1, -0.05) is 19.1 Å². The maximum Gasteiger partial charge on any atom is 0.261 e. The number of hydrogen-bond donors (Lipinski definition) is 1. The molecule has 0 aliphatic heterocycles. The van der Waals surface area contributed by atoms with Crippen LogP contribution in [0.2, 0.25) is 0 Å². The van der Waals surface area contributed by atoms with Crippen molar-refractivity contribution < 1.29 is 9.53 Å². The predicted octanol–water partition coefficient (Wildman–Crippen LogP) is 2.82. The summed E-state index contributed by atoms with van der Waals surface area (Å²) in [6.07, 6.45) is 0.678. The molecular weight excluding hydrogens is 252 g/mol. The zero-order chi connectivity index (χ0) is 15.2. The van der Waals surface area contributed by atoms with Crippen LogP contribution in [0.25, 0.3) is 0 Å². The fourth-order valence-corrected chi connectivity index (χ4v) is 1.56. The molecule has 20 heavy (non-hydrogen) atoms. The molecule has 4 heteroatoms. The molecule has 0 aliphatic rings. The van der Waals surface area contributed by atoms with E-state index in [2.05, 4.69) is 11.4 Å². The maximum absolute atomic E-state index is 12.0. The molecule has 0 saturated heterocycles. The monoisotopic (exact) mass is 274 g/mol. The van der Waals surface area contributed by atoms with Gasteiger partial charge in [0.1, 0.15) is 5.75 Å². The minimum absolute atomic E-state index is 0.127. The Morgan fingerprint density at radius 1 is 1.40 bits per heavy atom. The summed E-state index contributed by atoms with van der Waals surface area (Å²) in [7, 11) is 0. The van der Waals surface area contributed by atoms with Crippen LogP contribution in [0, 0.1) is 11.3 Å². The Kier molecular flexibility index (Phi) is 5.57. The van der Waals surface area contributed by atoms with Gasteiger partial charge >= 0.3 is 0 Å². The SMILES string of the molecule is CCC(C)(C)NC(=O)C(C)Oc1ccc(CC#N)cc1. The molecular formula is C16H22N2O2. The Hall–Kier alpha value is -2.02. The number of nitrogens with one attached hydrogen (secondary N) is 1. The third-order valence-corrected chi connectivity index (χ3v) is 3.23. The van der Waals surface area contributed by atoms with Gasteiger partial charge < -0.3 is 10.1 Å². The second-order valence-corrected chi connectivity index (χ2v) is 5.47. The molecule has 4 nitrogen and oxygen atoms in total. The van der Waals surface area contributed by atoms with E-state index in [4.69, 9.17) is 10.00 Å². The Morgan fingerprint density at radius 3 is 2.50 bits per heavy atom. The van der Waals surface area contributed by atoms with Crippen LogP contribution in [-0.4, -0.2) is 17.6 Å². The van der Waals surface area contributed by atoms with Crippen LogP contribution in [0.5, 0.6) is 5.75 Å². The van der Waals surface area contributed by atoms with Crippen LogP contribution in [-0.2, 0) is 11.2 Å². The number of carbonyl (C=O) groups excluding carboxylic acids is 1. The number of carbonyl (C=O) groups is 1. The molecule has 0 aromatic heterocycles. The Bertz CT molecular complexity index is 486. The van der Waals surface area contributed by atoms with E-state index >= 15 is 0 Å². The molecule has 108 valence electrons. The summed E-state index contributed by atoms with van der Waals surface area (Å²) in [6.45, 7) is 7.71.